The van der Waals surface area contributed by atoms with Gasteiger partial charge < -0.3 is 14.7 Å². The summed E-state index contributed by atoms with van der Waals surface area (Å²) in [4.78, 5) is 14.1. The van der Waals surface area contributed by atoms with E-state index in [4.69, 9.17) is 9.84 Å². The van der Waals surface area contributed by atoms with Gasteiger partial charge in [-0.2, -0.15) is 0 Å². The van der Waals surface area contributed by atoms with Crippen molar-refractivity contribution in [2.75, 3.05) is 33.4 Å². The topological polar surface area (TPSA) is 49.8 Å². The number of aliphatic hydroxyl groups is 1. The van der Waals surface area contributed by atoms with Crippen molar-refractivity contribution in [3.63, 3.8) is 0 Å². The van der Waals surface area contributed by atoms with Crippen LogP contribution in [0.4, 0.5) is 0 Å². The van der Waals surface area contributed by atoms with Gasteiger partial charge in [0.25, 0.3) is 0 Å². The number of carbonyl (C=O) groups excluding carboxylic acids is 1. The Balaban J connectivity index is 2.58. The van der Waals surface area contributed by atoms with Crippen molar-refractivity contribution in [3.05, 3.63) is 0 Å². The highest BCUT2D eigenvalue weighted by Gasteiger charge is 2.38. The predicted molar refractivity (Wildman–Crippen MR) is 62.1 cm³/mol. The first kappa shape index (κ1) is 13.5. The van der Waals surface area contributed by atoms with Crippen LogP contribution in [0.3, 0.4) is 0 Å². The van der Waals surface area contributed by atoms with Gasteiger partial charge in [0.2, 0.25) is 5.91 Å². The third kappa shape index (κ3) is 3.19. The van der Waals surface area contributed by atoms with Gasteiger partial charge in [-0.25, -0.2) is 0 Å². The molecule has 0 spiro atoms. The zero-order chi connectivity index (χ0) is 12.0. The highest BCUT2D eigenvalue weighted by molar-refractivity contribution is 5.82. The number of amides is 1. The summed E-state index contributed by atoms with van der Waals surface area (Å²) in [7, 11) is 1.62. The molecular formula is C12H23NO3. The summed E-state index contributed by atoms with van der Waals surface area (Å²) in [5.41, 5.74) is -0.205. The van der Waals surface area contributed by atoms with E-state index in [9.17, 15) is 4.79 Å². The molecule has 1 fully saturated rings. The molecule has 94 valence electrons. The van der Waals surface area contributed by atoms with E-state index in [1.165, 1.54) is 0 Å². The number of hydrogen-bond donors (Lipinski definition) is 1. The molecule has 0 aliphatic heterocycles. The third-order valence-electron chi connectivity index (χ3n) is 3.45. The van der Waals surface area contributed by atoms with Gasteiger partial charge >= 0.3 is 0 Å². The molecule has 0 saturated heterocycles. The van der Waals surface area contributed by atoms with E-state index in [0.717, 1.165) is 25.7 Å². The summed E-state index contributed by atoms with van der Waals surface area (Å²) in [5, 5.41) is 8.98. The first-order chi connectivity index (χ1) is 7.64. The van der Waals surface area contributed by atoms with E-state index in [-0.39, 0.29) is 17.9 Å². The van der Waals surface area contributed by atoms with Gasteiger partial charge in [0, 0.05) is 25.6 Å². The molecule has 16 heavy (non-hydrogen) atoms. The second kappa shape index (κ2) is 6.21. The molecule has 0 bridgehead atoms. The fourth-order valence-electron chi connectivity index (χ4n) is 2.39. The number of rotatable bonds is 6. The van der Waals surface area contributed by atoms with Gasteiger partial charge in [0.15, 0.2) is 0 Å². The second-order valence-corrected chi connectivity index (χ2v) is 4.78. The molecule has 1 N–H and O–H groups in total. The molecule has 1 amide bonds. The summed E-state index contributed by atoms with van der Waals surface area (Å²) >= 11 is 0. The second-order valence-electron chi connectivity index (χ2n) is 4.78. The van der Waals surface area contributed by atoms with Crippen molar-refractivity contribution >= 4 is 5.91 Å². The Morgan fingerprint density at radius 1 is 1.38 bits per heavy atom. The summed E-state index contributed by atoms with van der Waals surface area (Å²) in [6, 6.07) is 0. The Morgan fingerprint density at radius 2 is 2.00 bits per heavy atom. The van der Waals surface area contributed by atoms with Gasteiger partial charge in [0.1, 0.15) is 0 Å². The summed E-state index contributed by atoms with van der Waals surface area (Å²) in [5.74, 6) is 0.177. The Kier molecular flexibility index (Phi) is 5.22. The molecule has 0 aromatic carbocycles. The van der Waals surface area contributed by atoms with Crippen LogP contribution in [0.2, 0.25) is 0 Å². The Hall–Kier alpha value is -0.610. The molecule has 4 nitrogen and oxygen atoms in total. The lowest BCUT2D eigenvalue weighted by atomic mass is 9.87. The standard InChI is InChI=1S/C12H23NO3/c1-12(5-3-4-6-12)11(15)13(7-9-14)8-10-16-2/h14H,3-10H2,1-2H3. The Morgan fingerprint density at radius 3 is 2.50 bits per heavy atom. The Labute approximate surface area is 97.6 Å². The monoisotopic (exact) mass is 229 g/mol. The molecule has 4 heteroatoms. The smallest absolute Gasteiger partial charge is 0.228 e. The number of aliphatic hydroxyl groups excluding tert-OH is 1. The fraction of sp³-hybridized carbons (Fsp3) is 0.917. The maximum absolute atomic E-state index is 12.3. The molecule has 0 unspecified atom stereocenters. The minimum atomic E-state index is -0.205. The van der Waals surface area contributed by atoms with E-state index < -0.39 is 0 Å². The average molecular weight is 229 g/mol. The molecule has 0 aromatic heterocycles. The van der Waals surface area contributed by atoms with Crippen molar-refractivity contribution in [1.29, 1.82) is 0 Å². The average Bonchev–Trinajstić information content (AvgIpc) is 2.72. The maximum Gasteiger partial charge on any atom is 0.228 e. The highest BCUT2D eigenvalue weighted by Crippen LogP contribution is 2.39. The quantitative estimate of drug-likeness (QED) is 0.740. The largest absolute Gasteiger partial charge is 0.395 e. The van der Waals surface area contributed by atoms with Crippen LogP contribution >= 0.6 is 0 Å². The van der Waals surface area contributed by atoms with Crippen LogP contribution in [-0.4, -0.2) is 49.3 Å². The molecule has 0 aromatic rings. The van der Waals surface area contributed by atoms with E-state index in [1.807, 2.05) is 6.92 Å². The maximum atomic E-state index is 12.3. The van der Waals surface area contributed by atoms with Crippen molar-refractivity contribution in [2.45, 2.75) is 32.6 Å². The molecule has 1 aliphatic carbocycles. The van der Waals surface area contributed by atoms with Crippen molar-refractivity contribution in [1.82, 2.24) is 4.90 Å². The van der Waals surface area contributed by atoms with Crippen LogP contribution < -0.4 is 0 Å². The number of ether oxygens (including phenoxy) is 1. The molecule has 1 aliphatic rings. The highest BCUT2D eigenvalue weighted by atomic mass is 16.5. The van der Waals surface area contributed by atoms with E-state index in [0.29, 0.717) is 19.7 Å². The van der Waals surface area contributed by atoms with Crippen LogP contribution in [0, 0.1) is 5.41 Å². The van der Waals surface area contributed by atoms with Crippen LogP contribution in [0.25, 0.3) is 0 Å². The SMILES string of the molecule is COCCN(CCO)C(=O)C1(C)CCCC1. The molecule has 0 heterocycles. The normalized spacial score (nSPS) is 18.7. The Bertz CT molecular complexity index is 224. The molecule has 0 atom stereocenters. The predicted octanol–water partition coefficient (Wildman–Crippen LogP) is 1.03. The van der Waals surface area contributed by atoms with Gasteiger partial charge in [0.05, 0.1) is 13.2 Å². The van der Waals surface area contributed by atoms with Gasteiger partial charge in [-0.05, 0) is 12.8 Å². The molecule has 1 rings (SSSR count). The van der Waals surface area contributed by atoms with Crippen molar-refractivity contribution < 1.29 is 14.6 Å². The van der Waals surface area contributed by atoms with Crippen molar-refractivity contribution in [2.24, 2.45) is 5.41 Å². The van der Waals surface area contributed by atoms with Gasteiger partial charge in [-0.15, -0.1) is 0 Å². The number of carbonyl (C=O) groups is 1. The minimum Gasteiger partial charge on any atom is -0.395 e. The lowest BCUT2D eigenvalue weighted by molar-refractivity contribution is -0.142. The van der Waals surface area contributed by atoms with Crippen LogP contribution in [0.5, 0.6) is 0 Å². The lowest BCUT2D eigenvalue weighted by Crippen LogP contribution is -2.44. The zero-order valence-electron chi connectivity index (χ0n) is 10.4. The van der Waals surface area contributed by atoms with Gasteiger partial charge in [-0.3, -0.25) is 4.79 Å². The zero-order valence-corrected chi connectivity index (χ0v) is 10.4. The summed E-state index contributed by atoms with van der Waals surface area (Å²) < 4.78 is 4.99. The number of nitrogens with zero attached hydrogens (tertiary/aromatic N) is 1. The number of methoxy groups -OCH3 is 1. The molecule has 1 saturated carbocycles. The lowest BCUT2D eigenvalue weighted by Gasteiger charge is -2.31. The fourth-order valence-corrected chi connectivity index (χ4v) is 2.39. The van der Waals surface area contributed by atoms with Crippen LogP contribution in [-0.2, 0) is 9.53 Å². The third-order valence-corrected chi connectivity index (χ3v) is 3.45. The van der Waals surface area contributed by atoms with Crippen LogP contribution in [0.1, 0.15) is 32.6 Å². The van der Waals surface area contributed by atoms with Crippen LogP contribution in [0.15, 0.2) is 0 Å². The molecular weight excluding hydrogens is 206 g/mol. The van der Waals surface area contributed by atoms with E-state index in [1.54, 1.807) is 12.0 Å². The van der Waals surface area contributed by atoms with E-state index >= 15 is 0 Å². The summed E-state index contributed by atoms with van der Waals surface area (Å²) in [6.45, 7) is 3.58. The summed E-state index contributed by atoms with van der Waals surface area (Å²) in [6.07, 6.45) is 4.22. The van der Waals surface area contributed by atoms with E-state index in [2.05, 4.69) is 0 Å². The van der Waals surface area contributed by atoms with Crippen molar-refractivity contribution in [3.8, 4) is 0 Å². The molecule has 0 radical (unpaired) electrons. The minimum absolute atomic E-state index is 0.0194. The first-order valence-electron chi connectivity index (χ1n) is 6.03. The van der Waals surface area contributed by atoms with Gasteiger partial charge in [-0.1, -0.05) is 19.8 Å². The number of hydrogen-bond acceptors (Lipinski definition) is 3. The first-order valence-corrected chi connectivity index (χ1v) is 6.03.